The van der Waals surface area contributed by atoms with Crippen LogP contribution in [-0.2, 0) is 0 Å². The van der Waals surface area contributed by atoms with Crippen molar-refractivity contribution in [2.24, 2.45) is 0 Å². The van der Waals surface area contributed by atoms with E-state index < -0.39 is 0 Å². The first kappa shape index (κ1) is 16.0. The van der Waals surface area contributed by atoms with Crippen LogP contribution in [0.5, 0.6) is 0 Å². The average molecular weight is 134 g/mol. The summed E-state index contributed by atoms with van der Waals surface area (Å²) in [6.07, 6.45) is 5.54. The molecule has 0 spiro atoms. The van der Waals surface area contributed by atoms with Crippen LogP contribution in [0.25, 0.3) is 0 Å². The zero-order valence-corrected chi connectivity index (χ0v) is 6.28. The number of rotatable bonds is 3. The lowest BCUT2D eigenvalue weighted by atomic mass is 10.2. The Labute approximate surface area is 60.1 Å². The van der Waals surface area contributed by atoms with Gasteiger partial charge >= 0.3 is 0 Å². The van der Waals surface area contributed by atoms with Crippen molar-refractivity contribution in [1.82, 2.24) is 0 Å². The molecule has 0 unspecified atom stereocenters. The van der Waals surface area contributed by atoms with Gasteiger partial charge in [-0.3, -0.25) is 0 Å². The maximum Gasteiger partial charge on any atom is 0.0319 e. The second-order valence-corrected chi connectivity index (χ2v) is 1.71. The molecule has 0 saturated carbocycles. The normalized spacial score (nSPS) is 6.67. The summed E-state index contributed by atoms with van der Waals surface area (Å²) in [6.45, 7) is 4.46. The van der Waals surface area contributed by atoms with Gasteiger partial charge in [0.2, 0.25) is 0 Å². The highest BCUT2D eigenvalue weighted by Gasteiger charge is 1.75. The molecule has 0 aliphatic heterocycles. The largest absolute Gasteiger partial charge is 0.400 e. The molecule has 1 N–H and O–H groups in total. The molecule has 0 radical (unpaired) electrons. The van der Waals surface area contributed by atoms with Crippen molar-refractivity contribution in [2.75, 3.05) is 7.11 Å². The number of unbranched alkanes of at least 4 members (excludes halogenated alkanes) is 3. The van der Waals surface area contributed by atoms with Gasteiger partial charge in [0.05, 0.1) is 0 Å². The van der Waals surface area contributed by atoms with Gasteiger partial charge in [0.15, 0.2) is 0 Å². The highest BCUT2D eigenvalue weighted by molar-refractivity contribution is 4.31. The first-order valence-corrected chi connectivity index (χ1v) is 3.36. The SMILES string of the molecule is C.CCCCCC.CO. The molecule has 0 aromatic carbocycles. The maximum atomic E-state index is 7.00. The lowest BCUT2D eigenvalue weighted by molar-refractivity contribution is 0.399. The summed E-state index contributed by atoms with van der Waals surface area (Å²) in [5.41, 5.74) is 0. The van der Waals surface area contributed by atoms with Crippen molar-refractivity contribution >= 4 is 0 Å². The van der Waals surface area contributed by atoms with Gasteiger partial charge in [-0.2, -0.15) is 0 Å². The standard InChI is InChI=1S/C6H14.CH4O.CH4/c1-3-5-6-4-2;1-2;/h3-6H2,1-2H3;2H,1H3;1H4. The molecule has 60 valence electrons. The molecule has 0 aromatic rings. The number of hydrogen-bond acceptors (Lipinski definition) is 1. The van der Waals surface area contributed by atoms with E-state index in [4.69, 9.17) is 5.11 Å². The van der Waals surface area contributed by atoms with E-state index in [2.05, 4.69) is 13.8 Å². The highest BCUT2D eigenvalue weighted by atomic mass is 16.2. The quantitative estimate of drug-likeness (QED) is 0.588. The van der Waals surface area contributed by atoms with Gasteiger partial charge in [0.1, 0.15) is 0 Å². The van der Waals surface area contributed by atoms with Gasteiger partial charge in [0, 0.05) is 7.11 Å². The third-order valence-corrected chi connectivity index (χ3v) is 0.957. The molecule has 0 aliphatic carbocycles. The molecule has 0 amide bonds. The van der Waals surface area contributed by atoms with E-state index in [0.29, 0.717) is 0 Å². The van der Waals surface area contributed by atoms with Crippen LogP contribution in [0.3, 0.4) is 0 Å². The minimum absolute atomic E-state index is 0. The van der Waals surface area contributed by atoms with Gasteiger partial charge in [-0.1, -0.05) is 47.0 Å². The zero-order valence-electron chi connectivity index (χ0n) is 6.28. The van der Waals surface area contributed by atoms with E-state index in [0.717, 1.165) is 7.11 Å². The maximum absolute atomic E-state index is 7.00. The van der Waals surface area contributed by atoms with Gasteiger partial charge in [-0.05, 0) is 0 Å². The van der Waals surface area contributed by atoms with Crippen molar-refractivity contribution < 1.29 is 5.11 Å². The van der Waals surface area contributed by atoms with Crippen molar-refractivity contribution in [3.63, 3.8) is 0 Å². The van der Waals surface area contributed by atoms with Crippen LogP contribution in [0.4, 0.5) is 0 Å². The molecule has 0 rings (SSSR count). The molecule has 0 bridgehead atoms. The Morgan fingerprint density at radius 1 is 0.889 bits per heavy atom. The summed E-state index contributed by atoms with van der Waals surface area (Å²) in [5.74, 6) is 0. The second kappa shape index (κ2) is 24.6. The summed E-state index contributed by atoms with van der Waals surface area (Å²) in [7, 11) is 1.00. The van der Waals surface area contributed by atoms with E-state index in [9.17, 15) is 0 Å². The number of hydrogen-bond donors (Lipinski definition) is 1. The van der Waals surface area contributed by atoms with Crippen LogP contribution < -0.4 is 0 Å². The smallest absolute Gasteiger partial charge is 0.0319 e. The molecule has 0 atom stereocenters. The molecule has 0 saturated heterocycles. The molecular formula is C8H22O. The van der Waals surface area contributed by atoms with E-state index in [1.165, 1.54) is 25.7 Å². The topological polar surface area (TPSA) is 20.2 Å². The lowest BCUT2D eigenvalue weighted by Gasteiger charge is -1.86. The summed E-state index contributed by atoms with van der Waals surface area (Å²) in [4.78, 5) is 0. The Hall–Kier alpha value is -0.0400. The van der Waals surface area contributed by atoms with E-state index in [1.807, 2.05) is 0 Å². The molecule has 0 fully saturated rings. The van der Waals surface area contributed by atoms with Crippen molar-refractivity contribution in [2.45, 2.75) is 47.0 Å². The van der Waals surface area contributed by atoms with Gasteiger partial charge in [0.25, 0.3) is 0 Å². The number of aliphatic hydroxyl groups excluding tert-OH is 1. The molecule has 0 aromatic heterocycles. The third-order valence-electron chi connectivity index (χ3n) is 0.957. The van der Waals surface area contributed by atoms with Gasteiger partial charge in [-0.15, -0.1) is 0 Å². The molecule has 1 nitrogen and oxygen atoms in total. The lowest BCUT2D eigenvalue weighted by Crippen LogP contribution is -1.66. The van der Waals surface area contributed by atoms with Gasteiger partial charge in [-0.25, -0.2) is 0 Å². The van der Waals surface area contributed by atoms with E-state index in [1.54, 1.807) is 0 Å². The summed E-state index contributed by atoms with van der Waals surface area (Å²) in [6, 6.07) is 0. The first-order valence-electron chi connectivity index (χ1n) is 3.36. The minimum atomic E-state index is 0. The fourth-order valence-electron chi connectivity index (χ4n) is 0.500. The van der Waals surface area contributed by atoms with Crippen LogP contribution in [0.2, 0.25) is 0 Å². The van der Waals surface area contributed by atoms with E-state index >= 15 is 0 Å². The fourth-order valence-corrected chi connectivity index (χ4v) is 0.500. The highest BCUT2D eigenvalue weighted by Crippen LogP contribution is 1.95. The summed E-state index contributed by atoms with van der Waals surface area (Å²) < 4.78 is 0. The first-order chi connectivity index (χ1) is 3.91. The average Bonchev–Trinajstić information content (AvgIpc) is 1.88. The Morgan fingerprint density at radius 3 is 1.22 bits per heavy atom. The Bertz CT molecular complexity index is 16.5. The summed E-state index contributed by atoms with van der Waals surface area (Å²) >= 11 is 0. The predicted molar refractivity (Wildman–Crippen MR) is 44.7 cm³/mol. The Morgan fingerprint density at radius 2 is 1.11 bits per heavy atom. The van der Waals surface area contributed by atoms with Crippen molar-refractivity contribution in [3.05, 3.63) is 0 Å². The van der Waals surface area contributed by atoms with Gasteiger partial charge < -0.3 is 5.11 Å². The third kappa shape index (κ3) is 32.3. The van der Waals surface area contributed by atoms with Crippen molar-refractivity contribution in [1.29, 1.82) is 0 Å². The zero-order chi connectivity index (χ0) is 6.83. The molecule has 1 heteroatoms. The van der Waals surface area contributed by atoms with Crippen LogP contribution in [-0.4, -0.2) is 12.2 Å². The fraction of sp³-hybridized carbons (Fsp3) is 1.00. The van der Waals surface area contributed by atoms with E-state index in [-0.39, 0.29) is 7.43 Å². The Kier molecular flexibility index (Phi) is 43.7. The summed E-state index contributed by atoms with van der Waals surface area (Å²) in [5, 5.41) is 7.00. The van der Waals surface area contributed by atoms with Crippen molar-refractivity contribution in [3.8, 4) is 0 Å². The number of aliphatic hydroxyl groups is 1. The molecule has 9 heavy (non-hydrogen) atoms. The molecule has 0 heterocycles. The predicted octanol–water partition coefficient (Wildman–Crippen LogP) is 2.83. The Balaban J connectivity index is -0.000000109. The molecular weight excluding hydrogens is 112 g/mol. The van der Waals surface area contributed by atoms with Crippen LogP contribution >= 0.6 is 0 Å². The van der Waals surface area contributed by atoms with Crippen LogP contribution in [0.15, 0.2) is 0 Å². The van der Waals surface area contributed by atoms with Crippen LogP contribution in [0, 0.1) is 0 Å². The second-order valence-electron chi connectivity index (χ2n) is 1.71. The molecule has 0 aliphatic rings. The monoisotopic (exact) mass is 134 g/mol. The minimum Gasteiger partial charge on any atom is -0.400 e. The van der Waals surface area contributed by atoms with Crippen LogP contribution in [0.1, 0.15) is 47.0 Å².